The van der Waals surface area contributed by atoms with Gasteiger partial charge in [0.05, 0.1) is 13.3 Å². The van der Waals surface area contributed by atoms with Gasteiger partial charge in [0.1, 0.15) is 6.61 Å². The van der Waals surface area contributed by atoms with E-state index in [1.165, 1.54) is 0 Å². The number of hydrogen-bond donors (Lipinski definition) is 0. The summed E-state index contributed by atoms with van der Waals surface area (Å²) in [5, 5.41) is 6.68. The third-order valence-electron chi connectivity index (χ3n) is 4.27. The highest BCUT2D eigenvalue weighted by molar-refractivity contribution is 5.85. The summed E-state index contributed by atoms with van der Waals surface area (Å²) in [4.78, 5) is 2.31. The molecule has 5 nitrogen and oxygen atoms in total. The van der Waals surface area contributed by atoms with Gasteiger partial charge in [0, 0.05) is 26.2 Å². The van der Waals surface area contributed by atoms with E-state index in [1.54, 1.807) is 7.11 Å². The standard InChI is InChI=1S/C20H25N3O2.ClH/c1-22-10-12-23(13-11-22)21-15-18-8-9-19(20(14-18)24-2)25-16-17-6-4-3-5-7-17;/h3-9,14-15H,10-13,16H2,1-2H3;1H. The van der Waals surface area contributed by atoms with Gasteiger partial charge in [-0.25, -0.2) is 0 Å². The SMILES string of the molecule is COc1cc(C=NN2CCN(C)CC2)ccc1OCc1ccccc1.Cl. The van der Waals surface area contributed by atoms with Crippen LogP contribution in [0.1, 0.15) is 11.1 Å². The topological polar surface area (TPSA) is 37.3 Å². The molecule has 1 aliphatic heterocycles. The van der Waals surface area contributed by atoms with Gasteiger partial charge in [0.15, 0.2) is 11.5 Å². The van der Waals surface area contributed by atoms with Crippen molar-refractivity contribution >= 4 is 18.6 Å². The quantitative estimate of drug-likeness (QED) is 0.726. The average molecular weight is 376 g/mol. The molecule has 1 saturated heterocycles. The van der Waals surface area contributed by atoms with Crippen LogP contribution in [0.15, 0.2) is 53.6 Å². The lowest BCUT2D eigenvalue weighted by molar-refractivity contribution is 0.159. The Morgan fingerprint density at radius 3 is 2.42 bits per heavy atom. The van der Waals surface area contributed by atoms with Crippen molar-refractivity contribution in [1.82, 2.24) is 9.91 Å². The van der Waals surface area contributed by atoms with Gasteiger partial charge in [-0.3, -0.25) is 5.01 Å². The minimum Gasteiger partial charge on any atom is -0.493 e. The van der Waals surface area contributed by atoms with Crippen molar-refractivity contribution in [3.63, 3.8) is 0 Å². The molecule has 3 rings (SSSR count). The summed E-state index contributed by atoms with van der Waals surface area (Å²) in [6.07, 6.45) is 1.88. The Kier molecular flexibility index (Phi) is 7.75. The van der Waals surface area contributed by atoms with Crippen molar-refractivity contribution in [2.75, 3.05) is 40.3 Å². The van der Waals surface area contributed by atoms with E-state index in [4.69, 9.17) is 9.47 Å². The first-order valence-electron chi connectivity index (χ1n) is 8.57. The molecule has 0 amide bonds. The lowest BCUT2D eigenvalue weighted by atomic mass is 10.2. The molecular weight excluding hydrogens is 350 g/mol. The molecule has 1 aliphatic rings. The zero-order valence-electron chi connectivity index (χ0n) is 15.3. The number of piperazine rings is 1. The average Bonchev–Trinajstić information content (AvgIpc) is 2.67. The van der Waals surface area contributed by atoms with Gasteiger partial charge in [-0.05, 0) is 36.4 Å². The fourth-order valence-electron chi connectivity index (χ4n) is 2.68. The molecule has 6 heteroatoms. The molecule has 0 aromatic heterocycles. The molecule has 140 valence electrons. The largest absolute Gasteiger partial charge is 0.493 e. The number of benzene rings is 2. The summed E-state index contributed by atoms with van der Waals surface area (Å²) >= 11 is 0. The van der Waals surface area contributed by atoms with E-state index in [1.807, 2.05) is 54.7 Å². The maximum atomic E-state index is 5.89. The molecule has 26 heavy (non-hydrogen) atoms. The Labute approximate surface area is 161 Å². The first kappa shape index (κ1) is 20.1. The van der Waals surface area contributed by atoms with Gasteiger partial charge in [-0.15, -0.1) is 12.4 Å². The molecular formula is C20H26ClN3O2. The Morgan fingerprint density at radius 1 is 1.00 bits per heavy atom. The predicted molar refractivity (Wildman–Crippen MR) is 108 cm³/mol. The van der Waals surface area contributed by atoms with Gasteiger partial charge in [-0.2, -0.15) is 5.10 Å². The van der Waals surface area contributed by atoms with Crippen LogP contribution < -0.4 is 9.47 Å². The highest BCUT2D eigenvalue weighted by Crippen LogP contribution is 2.28. The molecule has 0 unspecified atom stereocenters. The highest BCUT2D eigenvalue weighted by atomic mass is 35.5. The van der Waals surface area contributed by atoms with Crippen molar-refractivity contribution in [3.8, 4) is 11.5 Å². The smallest absolute Gasteiger partial charge is 0.161 e. The van der Waals surface area contributed by atoms with Crippen molar-refractivity contribution in [2.24, 2.45) is 5.10 Å². The summed E-state index contributed by atoms with van der Waals surface area (Å²) < 4.78 is 11.4. The van der Waals surface area contributed by atoms with Crippen LogP contribution in [-0.2, 0) is 6.61 Å². The number of ether oxygens (including phenoxy) is 2. The van der Waals surface area contributed by atoms with E-state index in [2.05, 4.69) is 22.1 Å². The maximum absolute atomic E-state index is 5.89. The van der Waals surface area contributed by atoms with Crippen LogP contribution in [0, 0.1) is 0 Å². The Morgan fingerprint density at radius 2 is 1.73 bits per heavy atom. The molecule has 0 spiro atoms. The van der Waals surface area contributed by atoms with E-state index >= 15 is 0 Å². The minimum atomic E-state index is 0. The molecule has 2 aromatic carbocycles. The fraction of sp³-hybridized carbons (Fsp3) is 0.350. The van der Waals surface area contributed by atoms with Crippen LogP contribution in [0.4, 0.5) is 0 Å². The first-order valence-corrected chi connectivity index (χ1v) is 8.57. The van der Waals surface area contributed by atoms with Gasteiger partial charge in [-0.1, -0.05) is 30.3 Å². The van der Waals surface area contributed by atoms with Crippen molar-refractivity contribution in [3.05, 3.63) is 59.7 Å². The summed E-state index contributed by atoms with van der Waals surface area (Å²) in [5.74, 6) is 1.46. The van der Waals surface area contributed by atoms with E-state index in [0.717, 1.165) is 48.8 Å². The predicted octanol–water partition coefficient (Wildman–Crippen LogP) is 3.28. The molecule has 1 heterocycles. The molecule has 0 N–H and O–H groups in total. The number of methoxy groups -OCH3 is 1. The van der Waals surface area contributed by atoms with Crippen molar-refractivity contribution < 1.29 is 9.47 Å². The van der Waals surface area contributed by atoms with Crippen LogP contribution in [0.5, 0.6) is 11.5 Å². The second-order valence-electron chi connectivity index (χ2n) is 6.19. The van der Waals surface area contributed by atoms with Gasteiger partial charge < -0.3 is 14.4 Å². The number of hydrogen-bond acceptors (Lipinski definition) is 5. The second-order valence-corrected chi connectivity index (χ2v) is 6.19. The van der Waals surface area contributed by atoms with Crippen molar-refractivity contribution in [1.29, 1.82) is 0 Å². The van der Waals surface area contributed by atoms with Gasteiger partial charge >= 0.3 is 0 Å². The number of rotatable bonds is 6. The van der Waals surface area contributed by atoms with Crippen LogP contribution in [0.3, 0.4) is 0 Å². The zero-order valence-corrected chi connectivity index (χ0v) is 16.1. The molecule has 0 atom stereocenters. The normalized spacial score (nSPS) is 14.9. The Balaban J connectivity index is 0.00000243. The van der Waals surface area contributed by atoms with Crippen LogP contribution in [-0.4, -0.2) is 56.5 Å². The molecule has 1 fully saturated rings. The fourth-order valence-corrected chi connectivity index (χ4v) is 2.68. The zero-order chi connectivity index (χ0) is 17.5. The number of likely N-dealkylation sites (N-methyl/N-ethyl adjacent to an activating group) is 1. The summed E-state index contributed by atoms with van der Waals surface area (Å²) in [7, 11) is 3.80. The number of nitrogens with zero attached hydrogens (tertiary/aromatic N) is 3. The molecule has 0 saturated carbocycles. The van der Waals surface area contributed by atoms with E-state index in [0.29, 0.717) is 6.61 Å². The third kappa shape index (κ3) is 5.64. The summed E-state index contributed by atoms with van der Waals surface area (Å²) in [6.45, 7) is 4.54. The first-order chi connectivity index (χ1) is 12.2. The van der Waals surface area contributed by atoms with Gasteiger partial charge in [0.2, 0.25) is 0 Å². The Bertz CT molecular complexity index is 701. The van der Waals surface area contributed by atoms with Crippen LogP contribution in [0.25, 0.3) is 0 Å². The van der Waals surface area contributed by atoms with Crippen molar-refractivity contribution in [2.45, 2.75) is 6.61 Å². The summed E-state index contributed by atoms with van der Waals surface area (Å²) in [5.41, 5.74) is 2.13. The van der Waals surface area contributed by atoms with Crippen LogP contribution >= 0.6 is 12.4 Å². The maximum Gasteiger partial charge on any atom is 0.161 e. The number of halogens is 1. The lowest BCUT2D eigenvalue weighted by Crippen LogP contribution is -2.41. The minimum absolute atomic E-state index is 0. The van der Waals surface area contributed by atoms with E-state index < -0.39 is 0 Å². The molecule has 0 aliphatic carbocycles. The molecule has 0 bridgehead atoms. The number of hydrazone groups is 1. The monoisotopic (exact) mass is 375 g/mol. The molecule has 0 radical (unpaired) electrons. The lowest BCUT2D eigenvalue weighted by Gasteiger charge is -2.30. The third-order valence-corrected chi connectivity index (χ3v) is 4.27. The second kappa shape index (κ2) is 10.0. The van der Waals surface area contributed by atoms with Crippen LogP contribution in [0.2, 0.25) is 0 Å². The Hall–Kier alpha value is -2.24. The molecule has 2 aromatic rings. The highest BCUT2D eigenvalue weighted by Gasteiger charge is 2.11. The van der Waals surface area contributed by atoms with E-state index in [-0.39, 0.29) is 12.4 Å². The summed E-state index contributed by atoms with van der Waals surface area (Å²) in [6, 6.07) is 16.0. The van der Waals surface area contributed by atoms with E-state index in [9.17, 15) is 0 Å². The van der Waals surface area contributed by atoms with Gasteiger partial charge in [0.25, 0.3) is 0 Å².